The van der Waals surface area contributed by atoms with Crippen LogP contribution in [0.25, 0.3) is 11.5 Å². The smallest absolute Gasteiger partial charge is 0.322 e. The molecule has 0 saturated heterocycles. The van der Waals surface area contributed by atoms with Crippen LogP contribution in [0.1, 0.15) is 0 Å². The van der Waals surface area contributed by atoms with Crippen LogP contribution in [0.3, 0.4) is 0 Å². The Morgan fingerprint density at radius 3 is 2.47 bits per heavy atom. The highest BCUT2D eigenvalue weighted by Gasteiger charge is 2.28. The zero-order chi connectivity index (χ0) is 21.3. The van der Waals surface area contributed by atoms with E-state index in [1.165, 1.54) is 26.2 Å². The summed E-state index contributed by atoms with van der Waals surface area (Å²) in [5, 5.41) is 10.2. The van der Waals surface area contributed by atoms with Crippen molar-refractivity contribution in [2.45, 2.75) is 11.0 Å². The molecule has 4 rings (SSSR count). The lowest BCUT2D eigenvalue weighted by atomic mass is 10.2. The van der Waals surface area contributed by atoms with Gasteiger partial charge in [0.05, 0.1) is 4.90 Å². The molecule has 1 atom stereocenters. The van der Waals surface area contributed by atoms with Crippen LogP contribution < -0.4 is 14.8 Å². The number of hydrogen-bond donors (Lipinski definition) is 1. The van der Waals surface area contributed by atoms with Gasteiger partial charge in [0.25, 0.3) is 5.91 Å². The highest BCUT2D eigenvalue weighted by atomic mass is 32.2. The minimum atomic E-state index is -3.54. The molecule has 0 radical (unpaired) electrons. The summed E-state index contributed by atoms with van der Waals surface area (Å²) < 4.78 is 42.0. The molecular weight excluding hydrogens is 412 g/mol. The van der Waals surface area contributed by atoms with Gasteiger partial charge in [-0.1, -0.05) is 17.2 Å². The molecule has 0 aliphatic carbocycles. The van der Waals surface area contributed by atoms with Crippen LogP contribution in [0.2, 0.25) is 0 Å². The first kappa shape index (κ1) is 19.9. The van der Waals surface area contributed by atoms with Crippen LogP contribution in [0, 0.1) is 0 Å². The van der Waals surface area contributed by atoms with Gasteiger partial charge in [0, 0.05) is 19.7 Å². The Kier molecular flexibility index (Phi) is 5.14. The Labute approximate surface area is 172 Å². The Balaban J connectivity index is 1.44. The molecule has 1 aliphatic heterocycles. The van der Waals surface area contributed by atoms with E-state index in [1.54, 1.807) is 30.3 Å². The van der Waals surface area contributed by atoms with Gasteiger partial charge in [0.15, 0.2) is 11.5 Å². The number of carbonyl (C=O) groups is 1. The number of para-hydroxylation sites is 2. The Morgan fingerprint density at radius 1 is 1.07 bits per heavy atom. The summed E-state index contributed by atoms with van der Waals surface area (Å²) in [5.74, 6) is 0.682. The monoisotopic (exact) mass is 430 g/mol. The molecule has 156 valence electrons. The van der Waals surface area contributed by atoms with Crippen LogP contribution in [-0.2, 0) is 14.8 Å². The standard InChI is InChI=1S/C19H18N4O6S/c1-23(2)30(25,26)13-9-7-12(8-10-13)18-21-22-19(29-18)20-17(24)16-11-27-14-5-3-4-6-15(14)28-16/h3-10,16H,11H2,1-2H3,(H,20,22,24)/t16-/m0/s1. The third-order valence-corrected chi connectivity index (χ3v) is 6.17. The van der Waals surface area contributed by atoms with Crippen molar-refractivity contribution < 1.29 is 27.1 Å². The number of hydrogen-bond acceptors (Lipinski definition) is 8. The molecule has 2 aromatic carbocycles. The predicted octanol–water partition coefficient (Wildman–Crippen LogP) is 1.77. The summed E-state index contributed by atoms with van der Waals surface area (Å²) in [6.45, 7) is 0.0473. The van der Waals surface area contributed by atoms with Crippen molar-refractivity contribution in [2.75, 3.05) is 26.0 Å². The Bertz CT molecular complexity index is 1170. The van der Waals surface area contributed by atoms with Gasteiger partial charge >= 0.3 is 6.01 Å². The fourth-order valence-corrected chi connectivity index (χ4v) is 3.61. The summed E-state index contributed by atoms with van der Waals surface area (Å²) in [4.78, 5) is 12.6. The van der Waals surface area contributed by atoms with Crippen molar-refractivity contribution >= 4 is 21.9 Å². The number of amides is 1. The highest BCUT2D eigenvalue weighted by Crippen LogP contribution is 2.31. The van der Waals surface area contributed by atoms with E-state index in [4.69, 9.17) is 13.9 Å². The van der Waals surface area contributed by atoms with Crippen LogP contribution in [0.5, 0.6) is 11.5 Å². The SMILES string of the molecule is CN(C)S(=O)(=O)c1ccc(-c2nnc(NC(=O)[C@@H]3COc4ccccc4O3)o2)cc1. The van der Waals surface area contributed by atoms with Crippen molar-refractivity contribution in [3.63, 3.8) is 0 Å². The average molecular weight is 430 g/mol. The number of nitrogens with one attached hydrogen (secondary N) is 1. The van der Waals surface area contributed by atoms with Gasteiger partial charge < -0.3 is 13.9 Å². The zero-order valence-electron chi connectivity index (χ0n) is 16.1. The van der Waals surface area contributed by atoms with Gasteiger partial charge in [0.2, 0.25) is 22.0 Å². The lowest BCUT2D eigenvalue weighted by Crippen LogP contribution is -2.40. The van der Waals surface area contributed by atoms with E-state index in [2.05, 4.69) is 15.5 Å². The largest absolute Gasteiger partial charge is 0.485 e. The van der Waals surface area contributed by atoms with Crippen molar-refractivity contribution in [3.8, 4) is 23.0 Å². The lowest BCUT2D eigenvalue weighted by Gasteiger charge is -2.24. The number of carbonyl (C=O) groups excluding carboxylic acids is 1. The molecule has 0 unspecified atom stereocenters. The second-order valence-corrected chi connectivity index (χ2v) is 8.73. The summed E-state index contributed by atoms with van der Waals surface area (Å²) >= 11 is 0. The van der Waals surface area contributed by atoms with Gasteiger partial charge in [-0.3, -0.25) is 10.1 Å². The normalized spacial score (nSPS) is 15.8. The summed E-state index contributed by atoms with van der Waals surface area (Å²) in [5.41, 5.74) is 0.506. The second kappa shape index (κ2) is 7.76. The van der Waals surface area contributed by atoms with Crippen molar-refractivity contribution in [2.24, 2.45) is 0 Å². The van der Waals surface area contributed by atoms with Crippen LogP contribution in [0.4, 0.5) is 6.01 Å². The second-order valence-electron chi connectivity index (χ2n) is 6.58. The maximum atomic E-state index is 12.4. The third kappa shape index (κ3) is 3.84. The van der Waals surface area contributed by atoms with Crippen LogP contribution in [0.15, 0.2) is 57.8 Å². The number of anilines is 1. The first-order chi connectivity index (χ1) is 14.3. The highest BCUT2D eigenvalue weighted by molar-refractivity contribution is 7.89. The molecule has 2 heterocycles. The molecule has 0 bridgehead atoms. The molecular formula is C19H18N4O6S. The molecule has 1 aliphatic rings. The van der Waals surface area contributed by atoms with Gasteiger partial charge in [-0.05, 0) is 36.4 Å². The number of rotatable bonds is 5. The average Bonchev–Trinajstić information content (AvgIpc) is 3.21. The van der Waals surface area contributed by atoms with Crippen molar-refractivity contribution in [3.05, 3.63) is 48.5 Å². The maximum Gasteiger partial charge on any atom is 0.322 e. The first-order valence-corrected chi connectivity index (χ1v) is 10.3. The molecule has 1 aromatic heterocycles. The maximum absolute atomic E-state index is 12.4. The van der Waals surface area contributed by atoms with E-state index in [0.29, 0.717) is 17.1 Å². The van der Waals surface area contributed by atoms with Crippen molar-refractivity contribution in [1.29, 1.82) is 0 Å². The van der Waals surface area contributed by atoms with E-state index in [9.17, 15) is 13.2 Å². The zero-order valence-corrected chi connectivity index (χ0v) is 16.9. The van der Waals surface area contributed by atoms with Gasteiger partial charge in [0.1, 0.15) is 6.61 Å². The Morgan fingerprint density at radius 2 is 1.77 bits per heavy atom. The quantitative estimate of drug-likeness (QED) is 0.649. The molecule has 11 heteroatoms. The van der Waals surface area contributed by atoms with E-state index in [0.717, 1.165) is 4.31 Å². The molecule has 1 N–H and O–H groups in total. The number of sulfonamides is 1. The van der Waals surface area contributed by atoms with E-state index >= 15 is 0 Å². The molecule has 1 amide bonds. The summed E-state index contributed by atoms with van der Waals surface area (Å²) in [7, 11) is -0.628. The molecule has 0 saturated carbocycles. The summed E-state index contributed by atoms with van der Waals surface area (Å²) in [6, 6.07) is 12.9. The minimum Gasteiger partial charge on any atom is -0.485 e. The number of benzene rings is 2. The first-order valence-electron chi connectivity index (χ1n) is 8.90. The van der Waals surface area contributed by atoms with Gasteiger partial charge in [-0.25, -0.2) is 12.7 Å². The fourth-order valence-electron chi connectivity index (χ4n) is 2.71. The summed E-state index contributed by atoms with van der Waals surface area (Å²) in [6.07, 6.45) is -0.870. The number of nitrogens with zero attached hydrogens (tertiary/aromatic N) is 3. The van der Waals surface area contributed by atoms with E-state index < -0.39 is 22.0 Å². The molecule has 0 fully saturated rings. The molecule has 0 spiro atoms. The van der Waals surface area contributed by atoms with Gasteiger partial charge in [-0.15, -0.1) is 5.10 Å². The topological polar surface area (TPSA) is 124 Å². The molecule has 3 aromatic rings. The fraction of sp³-hybridized carbons (Fsp3) is 0.211. The van der Waals surface area contributed by atoms with Crippen LogP contribution >= 0.6 is 0 Å². The number of ether oxygens (including phenoxy) is 2. The number of fused-ring (bicyclic) bond motifs is 1. The number of aromatic nitrogens is 2. The molecule has 30 heavy (non-hydrogen) atoms. The van der Waals surface area contributed by atoms with E-state index in [1.807, 2.05) is 6.07 Å². The predicted molar refractivity (Wildman–Crippen MR) is 106 cm³/mol. The Hall–Kier alpha value is -3.44. The van der Waals surface area contributed by atoms with Crippen molar-refractivity contribution in [1.82, 2.24) is 14.5 Å². The minimum absolute atomic E-state index is 0.0473. The third-order valence-electron chi connectivity index (χ3n) is 4.34. The van der Waals surface area contributed by atoms with Crippen LogP contribution in [-0.4, -0.2) is 55.6 Å². The van der Waals surface area contributed by atoms with Gasteiger partial charge in [-0.2, -0.15) is 0 Å². The van der Waals surface area contributed by atoms with E-state index in [-0.39, 0.29) is 23.4 Å². The molecule has 10 nitrogen and oxygen atoms in total. The lowest BCUT2D eigenvalue weighted by molar-refractivity contribution is -0.125.